The lowest BCUT2D eigenvalue weighted by Crippen LogP contribution is -2.02. The smallest absolute Gasteiger partial charge is 0.387 e. The Morgan fingerprint density at radius 3 is 2.93 bits per heavy atom. The monoisotopic (exact) mass is 279 g/mol. The van der Waals surface area contributed by atoms with Crippen molar-refractivity contribution in [2.45, 2.75) is 6.61 Å². The zero-order valence-corrected chi connectivity index (χ0v) is 9.11. The molecule has 0 bridgehead atoms. The third kappa shape index (κ3) is 1.85. The number of para-hydroxylation sites is 1. The molecule has 0 saturated carbocycles. The number of alkyl halides is 2. The van der Waals surface area contributed by atoms with Crippen molar-refractivity contribution in [1.29, 1.82) is 0 Å². The number of nitrogens with zero attached hydrogens (tertiary/aromatic N) is 1. The second-order valence-electron chi connectivity index (χ2n) is 2.45. The number of ether oxygens (including phenoxy) is 1. The van der Waals surface area contributed by atoms with Gasteiger partial charge in [0.15, 0.2) is 9.67 Å². The number of hydrogen-bond donors (Lipinski definition) is 0. The summed E-state index contributed by atoms with van der Waals surface area (Å²) in [5.74, 6) is 0.111. The summed E-state index contributed by atoms with van der Waals surface area (Å²) in [7, 11) is 0. The first-order valence-electron chi connectivity index (χ1n) is 3.66. The number of thiazole rings is 1. The molecule has 0 fully saturated rings. The Bertz CT molecular complexity index is 460. The molecule has 0 saturated heterocycles. The van der Waals surface area contributed by atoms with Crippen LogP contribution in [0.1, 0.15) is 0 Å². The highest BCUT2D eigenvalue weighted by molar-refractivity contribution is 9.11. The van der Waals surface area contributed by atoms with E-state index in [2.05, 4.69) is 25.7 Å². The van der Waals surface area contributed by atoms with E-state index < -0.39 is 6.61 Å². The highest BCUT2D eigenvalue weighted by Gasteiger charge is 2.11. The maximum Gasteiger partial charge on any atom is 0.387 e. The van der Waals surface area contributed by atoms with Crippen LogP contribution in [-0.2, 0) is 0 Å². The molecule has 0 aliphatic rings. The van der Waals surface area contributed by atoms with E-state index in [9.17, 15) is 8.78 Å². The van der Waals surface area contributed by atoms with Crippen LogP contribution in [0.15, 0.2) is 22.1 Å². The van der Waals surface area contributed by atoms with E-state index in [-0.39, 0.29) is 5.75 Å². The Morgan fingerprint density at radius 2 is 2.21 bits per heavy atom. The molecule has 0 aliphatic heterocycles. The second-order valence-corrected chi connectivity index (χ2v) is 4.75. The summed E-state index contributed by atoms with van der Waals surface area (Å²) < 4.78 is 29.8. The maximum atomic E-state index is 12.0. The van der Waals surface area contributed by atoms with Gasteiger partial charge in [0.25, 0.3) is 0 Å². The third-order valence-electron chi connectivity index (χ3n) is 1.57. The molecule has 6 heteroatoms. The molecule has 14 heavy (non-hydrogen) atoms. The highest BCUT2D eigenvalue weighted by Crippen LogP contribution is 2.32. The number of aromatic nitrogens is 1. The molecule has 0 unspecified atom stereocenters. The first kappa shape index (κ1) is 9.79. The van der Waals surface area contributed by atoms with E-state index in [1.165, 1.54) is 17.4 Å². The average Bonchev–Trinajstić information content (AvgIpc) is 2.45. The Kier molecular flexibility index (Phi) is 2.64. The molecule has 0 radical (unpaired) electrons. The van der Waals surface area contributed by atoms with Crippen LogP contribution in [0.2, 0.25) is 0 Å². The summed E-state index contributed by atoms with van der Waals surface area (Å²) in [5.41, 5.74) is 0.463. The number of benzene rings is 1. The lowest BCUT2D eigenvalue weighted by atomic mass is 10.3. The van der Waals surface area contributed by atoms with Crippen LogP contribution < -0.4 is 4.74 Å². The number of fused-ring (bicyclic) bond motifs is 1. The van der Waals surface area contributed by atoms with E-state index in [0.717, 1.165) is 4.70 Å². The molecule has 2 rings (SSSR count). The van der Waals surface area contributed by atoms with E-state index in [1.54, 1.807) is 12.1 Å². The molecule has 0 spiro atoms. The molecule has 0 amide bonds. The third-order valence-corrected chi connectivity index (χ3v) is 3.04. The van der Waals surface area contributed by atoms with Crippen molar-refractivity contribution in [2.24, 2.45) is 0 Å². The minimum atomic E-state index is -2.82. The van der Waals surface area contributed by atoms with Gasteiger partial charge in [0.1, 0.15) is 5.52 Å². The summed E-state index contributed by atoms with van der Waals surface area (Å²) in [6.45, 7) is -2.82. The van der Waals surface area contributed by atoms with Crippen LogP contribution in [0.4, 0.5) is 8.78 Å². The molecule has 1 aromatic carbocycles. The lowest BCUT2D eigenvalue weighted by Gasteiger charge is -2.03. The van der Waals surface area contributed by atoms with Crippen molar-refractivity contribution < 1.29 is 13.5 Å². The summed E-state index contributed by atoms with van der Waals surface area (Å²) in [4.78, 5) is 4.04. The molecular weight excluding hydrogens is 276 g/mol. The molecular formula is C8H4BrF2NOS. The Labute approximate surface area is 90.7 Å². The average molecular weight is 280 g/mol. The predicted octanol–water partition coefficient (Wildman–Crippen LogP) is 3.66. The fourth-order valence-corrected chi connectivity index (χ4v) is 2.50. The van der Waals surface area contributed by atoms with Crippen molar-refractivity contribution in [3.63, 3.8) is 0 Å². The lowest BCUT2D eigenvalue weighted by molar-refractivity contribution is -0.0489. The quantitative estimate of drug-likeness (QED) is 0.837. The van der Waals surface area contributed by atoms with Gasteiger partial charge < -0.3 is 4.74 Å². The number of halogens is 3. The van der Waals surface area contributed by atoms with Crippen LogP contribution >= 0.6 is 27.3 Å². The van der Waals surface area contributed by atoms with Gasteiger partial charge in [-0.2, -0.15) is 8.78 Å². The van der Waals surface area contributed by atoms with Gasteiger partial charge in [0.05, 0.1) is 4.70 Å². The van der Waals surface area contributed by atoms with Gasteiger partial charge >= 0.3 is 6.61 Å². The van der Waals surface area contributed by atoms with Gasteiger partial charge in [-0.05, 0) is 28.1 Å². The van der Waals surface area contributed by atoms with Gasteiger partial charge in [0, 0.05) is 0 Å². The summed E-state index contributed by atoms with van der Waals surface area (Å²) >= 11 is 4.56. The van der Waals surface area contributed by atoms with E-state index in [1.807, 2.05) is 0 Å². The fraction of sp³-hybridized carbons (Fsp3) is 0.125. The van der Waals surface area contributed by atoms with Crippen LogP contribution in [0, 0.1) is 0 Å². The van der Waals surface area contributed by atoms with Crippen molar-refractivity contribution in [3.8, 4) is 5.75 Å². The number of hydrogen-bond acceptors (Lipinski definition) is 3. The molecule has 0 atom stereocenters. The molecule has 1 heterocycles. The maximum absolute atomic E-state index is 12.0. The first-order valence-corrected chi connectivity index (χ1v) is 5.27. The van der Waals surface area contributed by atoms with E-state index >= 15 is 0 Å². The largest absolute Gasteiger partial charge is 0.432 e. The van der Waals surface area contributed by atoms with Gasteiger partial charge in [-0.25, -0.2) is 4.98 Å². The van der Waals surface area contributed by atoms with Crippen LogP contribution in [0.5, 0.6) is 5.75 Å². The minimum absolute atomic E-state index is 0.111. The standard InChI is InChI=1S/C8H4BrF2NOS/c9-7-12-6-4(13-8(10)11)2-1-3-5(6)14-7/h1-3,8H. The van der Waals surface area contributed by atoms with Crippen LogP contribution in [-0.4, -0.2) is 11.6 Å². The van der Waals surface area contributed by atoms with E-state index in [0.29, 0.717) is 9.43 Å². The summed E-state index contributed by atoms with van der Waals surface area (Å²) in [5, 5.41) is 0. The summed E-state index contributed by atoms with van der Waals surface area (Å²) in [6.07, 6.45) is 0. The molecule has 2 nitrogen and oxygen atoms in total. The van der Waals surface area contributed by atoms with Gasteiger partial charge in [-0.3, -0.25) is 0 Å². The first-order chi connectivity index (χ1) is 6.66. The van der Waals surface area contributed by atoms with E-state index in [4.69, 9.17) is 0 Å². The number of rotatable bonds is 2. The topological polar surface area (TPSA) is 22.1 Å². The van der Waals surface area contributed by atoms with Crippen molar-refractivity contribution in [1.82, 2.24) is 4.98 Å². The van der Waals surface area contributed by atoms with Crippen LogP contribution in [0.3, 0.4) is 0 Å². The molecule has 1 aromatic heterocycles. The SMILES string of the molecule is FC(F)Oc1cccc2sc(Br)nc12. The fourth-order valence-electron chi connectivity index (χ4n) is 1.09. The molecule has 0 N–H and O–H groups in total. The highest BCUT2D eigenvalue weighted by atomic mass is 79.9. The Hall–Kier alpha value is -0.750. The zero-order chi connectivity index (χ0) is 10.1. The van der Waals surface area contributed by atoms with Gasteiger partial charge in [-0.15, -0.1) is 11.3 Å². The predicted molar refractivity (Wildman–Crippen MR) is 54.0 cm³/mol. The normalized spacial score (nSPS) is 11.1. The second kappa shape index (κ2) is 3.78. The van der Waals surface area contributed by atoms with Crippen molar-refractivity contribution in [2.75, 3.05) is 0 Å². The zero-order valence-electron chi connectivity index (χ0n) is 6.71. The van der Waals surface area contributed by atoms with Crippen LogP contribution in [0.25, 0.3) is 10.2 Å². The minimum Gasteiger partial charge on any atom is -0.432 e. The Morgan fingerprint density at radius 1 is 1.43 bits per heavy atom. The summed E-state index contributed by atoms with van der Waals surface area (Å²) in [6, 6.07) is 4.93. The Balaban J connectivity index is 2.53. The molecule has 2 aromatic rings. The van der Waals surface area contributed by atoms with Crippen molar-refractivity contribution in [3.05, 3.63) is 22.1 Å². The van der Waals surface area contributed by atoms with Crippen molar-refractivity contribution >= 4 is 37.5 Å². The molecule has 0 aliphatic carbocycles. The van der Waals surface area contributed by atoms with Gasteiger partial charge in [0.2, 0.25) is 0 Å². The molecule has 74 valence electrons. The van der Waals surface area contributed by atoms with Gasteiger partial charge in [-0.1, -0.05) is 6.07 Å².